The Morgan fingerprint density at radius 2 is 2.05 bits per heavy atom. The van der Waals surface area contributed by atoms with E-state index in [0.717, 1.165) is 22.9 Å². The summed E-state index contributed by atoms with van der Waals surface area (Å²) >= 11 is 0. The number of rotatable bonds is 11. The number of ether oxygens (including phenoxy) is 3. The normalized spacial score (nSPS) is 25.1. The fraction of sp³-hybridized carbons (Fsp3) is 0.441. The fourth-order valence-corrected chi connectivity index (χ4v) is 6.30. The van der Waals surface area contributed by atoms with Gasteiger partial charge in [-0.05, 0) is 49.6 Å². The van der Waals surface area contributed by atoms with Gasteiger partial charge < -0.3 is 25.0 Å². The number of hydrazone groups is 1. The van der Waals surface area contributed by atoms with Crippen molar-refractivity contribution in [3.63, 3.8) is 0 Å². The zero-order chi connectivity index (χ0) is 32.1. The number of nitrogens with two attached hydrogens (primary N) is 1. The van der Waals surface area contributed by atoms with Crippen LogP contribution in [0.25, 0.3) is 10.9 Å². The number of carbonyl (C=O) groups excluding carboxylic acids is 2. The van der Waals surface area contributed by atoms with E-state index in [0.29, 0.717) is 43.8 Å². The van der Waals surface area contributed by atoms with Crippen LogP contribution in [-0.4, -0.2) is 77.6 Å². The first-order valence-corrected chi connectivity index (χ1v) is 15.0. The van der Waals surface area contributed by atoms with Crippen LogP contribution in [0.5, 0.6) is 5.75 Å². The third kappa shape index (κ3) is 6.37. The van der Waals surface area contributed by atoms with Crippen LogP contribution in [0.15, 0.2) is 70.9 Å². The van der Waals surface area contributed by atoms with Crippen molar-refractivity contribution >= 4 is 35.0 Å². The molecule has 1 aromatic heterocycles. The first-order valence-electron chi connectivity index (χ1n) is 15.0. The van der Waals surface area contributed by atoms with E-state index in [1.54, 1.807) is 13.3 Å². The lowest BCUT2D eigenvalue weighted by atomic mass is 9.67. The molecular formula is C34H43N5O5. The number of fused-ring (bicyclic) bond motifs is 4. The molecule has 0 spiro atoms. The number of nitrogens with zero attached hydrogens (tertiary/aromatic N) is 4. The molecule has 1 aliphatic carbocycles. The van der Waals surface area contributed by atoms with Gasteiger partial charge in [0.25, 0.3) is 5.91 Å². The number of hydrogen-bond donors (Lipinski definition) is 1. The maximum absolute atomic E-state index is 13.1. The molecule has 234 valence electrons. The van der Waals surface area contributed by atoms with Crippen LogP contribution in [0.4, 0.5) is 0 Å². The summed E-state index contributed by atoms with van der Waals surface area (Å²) in [6.45, 7) is 16.8. The molecule has 0 radical (unpaired) electrons. The minimum absolute atomic E-state index is 0.188. The van der Waals surface area contributed by atoms with Gasteiger partial charge >= 0.3 is 0 Å². The Labute approximate surface area is 259 Å². The number of benzene rings is 1. The summed E-state index contributed by atoms with van der Waals surface area (Å²) in [5.41, 5.74) is 3.27. The number of allylic oxidation sites excluding steroid dienone is 2. The minimum atomic E-state index is -0.529. The second-order valence-electron chi connectivity index (χ2n) is 11.4. The van der Waals surface area contributed by atoms with Crippen molar-refractivity contribution in [2.24, 2.45) is 15.9 Å². The number of aliphatic imine (C=N–C) groups is 1. The van der Waals surface area contributed by atoms with E-state index in [1.807, 2.05) is 52.1 Å². The largest absolute Gasteiger partial charge is 0.484 e. The van der Waals surface area contributed by atoms with Gasteiger partial charge in [-0.3, -0.25) is 19.6 Å². The summed E-state index contributed by atoms with van der Waals surface area (Å²) in [6, 6.07) is 5.85. The number of aldehydes is 1. The van der Waals surface area contributed by atoms with Crippen molar-refractivity contribution in [1.82, 2.24) is 9.88 Å². The highest BCUT2D eigenvalue weighted by Gasteiger charge is 2.66. The van der Waals surface area contributed by atoms with Crippen LogP contribution < -0.4 is 10.6 Å². The van der Waals surface area contributed by atoms with Gasteiger partial charge in [0, 0.05) is 55.4 Å². The molecule has 2 bridgehead atoms. The predicted octanol–water partition coefficient (Wildman–Crippen LogP) is 4.50. The molecule has 6 rings (SSSR count). The Morgan fingerprint density at radius 1 is 1.30 bits per heavy atom. The molecule has 1 amide bonds. The van der Waals surface area contributed by atoms with Crippen LogP contribution in [0.3, 0.4) is 0 Å². The molecule has 2 unspecified atom stereocenters. The highest BCUT2D eigenvalue weighted by atomic mass is 16.5. The molecule has 2 aromatic rings. The average Bonchev–Trinajstić information content (AvgIpc) is 3.46. The summed E-state index contributed by atoms with van der Waals surface area (Å²) < 4.78 is 18.2. The molecule has 2 saturated heterocycles. The highest BCUT2D eigenvalue weighted by molar-refractivity contribution is 6.32. The number of pyridine rings is 1. The molecule has 2 atom stereocenters. The Morgan fingerprint density at radius 3 is 2.70 bits per heavy atom. The van der Waals surface area contributed by atoms with Crippen molar-refractivity contribution in [3.8, 4) is 5.75 Å². The third-order valence-electron chi connectivity index (χ3n) is 8.39. The Kier molecular flexibility index (Phi) is 10.2. The van der Waals surface area contributed by atoms with Gasteiger partial charge in [0.2, 0.25) is 0 Å². The first kappa shape index (κ1) is 32.8. The SMILES string of the molecule is C=C/C(C=O)=C(\C=C)C(=O)N(C)CC1OC2(C)CC1(N=C/C(=N\N)C(C)Oc1ccc3ncc4c(c3c1)CCOC4)C2.CC. The Balaban J connectivity index is 0.00000216. The number of likely N-dealkylation sites (N-methyl/N-ethyl adjacent to an activating group) is 1. The standard InChI is InChI=1S/C32H37N5O5.C2H6/c1-6-21(16-38)24(7-2)30(39)37(5)15-29-32(18-31(4,19-32)42-29)35-14-28(36-33)20(3)41-23-8-9-27-26(12-23)25-10-11-40-17-22(25)13-34-27;1-2/h6-9,12-14,16,20,29H,1-2,10-11,15,17-19,33H2,3-5H3;1-2H3/b24-21-,35-14?,36-28+;. The van der Waals surface area contributed by atoms with Crippen molar-refractivity contribution in [1.29, 1.82) is 0 Å². The molecule has 1 saturated carbocycles. The van der Waals surface area contributed by atoms with Gasteiger partial charge in [0.15, 0.2) is 6.29 Å². The van der Waals surface area contributed by atoms with Gasteiger partial charge in [-0.2, -0.15) is 5.10 Å². The maximum Gasteiger partial charge on any atom is 0.254 e. The number of carbonyl (C=O) groups is 2. The number of amides is 1. The highest BCUT2D eigenvalue weighted by Crippen LogP contribution is 2.57. The van der Waals surface area contributed by atoms with E-state index in [4.69, 9.17) is 25.0 Å². The molecule has 10 heteroatoms. The fourth-order valence-electron chi connectivity index (χ4n) is 6.30. The topological polar surface area (TPSA) is 129 Å². The molecule has 4 aliphatic rings. The predicted molar refractivity (Wildman–Crippen MR) is 173 cm³/mol. The van der Waals surface area contributed by atoms with E-state index in [-0.39, 0.29) is 35.3 Å². The molecule has 4 heterocycles. The second-order valence-corrected chi connectivity index (χ2v) is 11.4. The summed E-state index contributed by atoms with van der Waals surface area (Å²) in [6.07, 6.45) is 8.29. The van der Waals surface area contributed by atoms with Crippen molar-refractivity contribution in [2.75, 3.05) is 20.2 Å². The zero-order valence-electron chi connectivity index (χ0n) is 26.3. The quantitative estimate of drug-likeness (QED) is 0.100. The monoisotopic (exact) mass is 601 g/mol. The van der Waals surface area contributed by atoms with E-state index in [9.17, 15) is 9.59 Å². The molecule has 1 aromatic carbocycles. The first-order chi connectivity index (χ1) is 21.2. The van der Waals surface area contributed by atoms with Gasteiger partial charge in [-0.25, -0.2) is 0 Å². The van der Waals surface area contributed by atoms with E-state index < -0.39 is 11.6 Å². The molecule has 44 heavy (non-hydrogen) atoms. The Hall–Kier alpha value is -4.15. The molecule has 3 aliphatic heterocycles. The second kappa shape index (κ2) is 13.7. The van der Waals surface area contributed by atoms with Gasteiger partial charge in [-0.1, -0.05) is 39.2 Å². The van der Waals surface area contributed by atoms with Crippen LogP contribution in [0.2, 0.25) is 0 Å². The lowest BCUT2D eigenvalue weighted by Gasteiger charge is -2.40. The van der Waals surface area contributed by atoms with Crippen molar-refractivity contribution in [3.05, 3.63) is 72.0 Å². The van der Waals surface area contributed by atoms with Crippen LogP contribution in [-0.2, 0) is 32.1 Å². The molecule has 3 fully saturated rings. The third-order valence-corrected chi connectivity index (χ3v) is 8.39. The van der Waals surface area contributed by atoms with E-state index in [2.05, 4.69) is 23.2 Å². The Bertz CT molecular complexity index is 1510. The number of aromatic nitrogens is 1. The summed E-state index contributed by atoms with van der Waals surface area (Å²) in [7, 11) is 1.67. The van der Waals surface area contributed by atoms with Crippen LogP contribution >= 0.6 is 0 Å². The average molecular weight is 602 g/mol. The summed E-state index contributed by atoms with van der Waals surface area (Å²) in [4.78, 5) is 35.5. The van der Waals surface area contributed by atoms with Crippen LogP contribution in [0, 0.1) is 0 Å². The molecular weight excluding hydrogens is 558 g/mol. The van der Waals surface area contributed by atoms with Crippen LogP contribution in [0.1, 0.15) is 51.7 Å². The maximum atomic E-state index is 13.1. The molecule has 2 N–H and O–H groups in total. The van der Waals surface area contributed by atoms with Gasteiger partial charge in [-0.15, -0.1) is 0 Å². The summed E-state index contributed by atoms with van der Waals surface area (Å²) in [5, 5.41) is 5.03. The smallest absolute Gasteiger partial charge is 0.254 e. The minimum Gasteiger partial charge on any atom is -0.484 e. The lowest BCUT2D eigenvalue weighted by Crippen LogP contribution is -2.51. The molecule has 10 nitrogen and oxygen atoms in total. The van der Waals surface area contributed by atoms with Gasteiger partial charge in [0.1, 0.15) is 23.7 Å². The zero-order valence-corrected chi connectivity index (χ0v) is 26.3. The van der Waals surface area contributed by atoms with Gasteiger partial charge in [0.05, 0.1) is 29.9 Å². The lowest BCUT2D eigenvalue weighted by molar-refractivity contribution is -0.127. The number of hydrogen-bond acceptors (Lipinski definition) is 9. The van der Waals surface area contributed by atoms with Crippen molar-refractivity contribution < 1.29 is 23.8 Å². The van der Waals surface area contributed by atoms with E-state index in [1.165, 1.54) is 22.6 Å². The van der Waals surface area contributed by atoms with E-state index >= 15 is 0 Å². The van der Waals surface area contributed by atoms with Crippen molar-refractivity contribution in [2.45, 2.75) is 76.9 Å². The summed E-state index contributed by atoms with van der Waals surface area (Å²) in [5.74, 6) is 6.14.